The Morgan fingerprint density at radius 1 is 1.50 bits per heavy atom. The molecular weight excluding hydrogens is 174 g/mol. The quantitative estimate of drug-likeness (QED) is 0.720. The van der Waals surface area contributed by atoms with Gasteiger partial charge in [0.1, 0.15) is 0 Å². The Hall–Kier alpha value is -1.31. The molecule has 1 aliphatic heterocycles. The van der Waals surface area contributed by atoms with Crippen molar-refractivity contribution in [1.82, 2.24) is 5.32 Å². The topological polar surface area (TPSA) is 29.1 Å². The monoisotopic (exact) mass is 189 g/mol. The maximum atomic E-state index is 11.6. The van der Waals surface area contributed by atoms with E-state index in [4.69, 9.17) is 0 Å². The normalized spacial score (nSPS) is 20.1. The summed E-state index contributed by atoms with van der Waals surface area (Å²) in [5.74, 6) is 0.516. The van der Waals surface area contributed by atoms with E-state index in [2.05, 4.69) is 31.3 Å². The van der Waals surface area contributed by atoms with Crippen LogP contribution >= 0.6 is 0 Å². The first-order chi connectivity index (χ1) is 6.72. The molecule has 14 heavy (non-hydrogen) atoms. The van der Waals surface area contributed by atoms with Crippen LogP contribution in [-0.4, -0.2) is 12.5 Å². The molecule has 2 nitrogen and oxygen atoms in total. The molecule has 0 radical (unpaired) electrons. The molecule has 1 heterocycles. The van der Waals surface area contributed by atoms with Gasteiger partial charge in [-0.05, 0) is 29.5 Å². The number of carbonyl (C=O) groups is 1. The fourth-order valence-corrected chi connectivity index (χ4v) is 1.90. The van der Waals surface area contributed by atoms with Crippen molar-refractivity contribution < 1.29 is 4.79 Å². The number of rotatable bonds is 1. The summed E-state index contributed by atoms with van der Waals surface area (Å²) in [5, 5.41) is 2.90. The van der Waals surface area contributed by atoms with Gasteiger partial charge in [0.2, 0.25) is 0 Å². The molecule has 1 atom stereocenters. The van der Waals surface area contributed by atoms with E-state index in [0.29, 0.717) is 5.92 Å². The molecule has 1 unspecified atom stereocenters. The summed E-state index contributed by atoms with van der Waals surface area (Å²) in [5.41, 5.74) is 3.28. The van der Waals surface area contributed by atoms with Crippen molar-refractivity contribution >= 4 is 5.91 Å². The minimum absolute atomic E-state index is 0.0772. The Morgan fingerprint density at radius 3 is 3.00 bits per heavy atom. The number of benzene rings is 1. The van der Waals surface area contributed by atoms with E-state index in [-0.39, 0.29) is 5.91 Å². The first kappa shape index (κ1) is 9.25. The molecule has 2 heteroatoms. The van der Waals surface area contributed by atoms with E-state index in [1.54, 1.807) is 0 Å². The maximum Gasteiger partial charge on any atom is 0.251 e. The van der Waals surface area contributed by atoms with Gasteiger partial charge in [-0.3, -0.25) is 4.79 Å². The smallest absolute Gasteiger partial charge is 0.251 e. The lowest BCUT2D eigenvalue weighted by atomic mass is 9.90. The molecule has 74 valence electrons. The zero-order chi connectivity index (χ0) is 10.1. The third-order valence-electron chi connectivity index (χ3n) is 2.87. The van der Waals surface area contributed by atoms with Crippen molar-refractivity contribution in [2.24, 2.45) is 0 Å². The predicted molar refractivity (Wildman–Crippen MR) is 56.6 cm³/mol. The van der Waals surface area contributed by atoms with Crippen LogP contribution in [0.15, 0.2) is 18.2 Å². The second-order valence-corrected chi connectivity index (χ2v) is 3.89. The summed E-state index contributed by atoms with van der Waals surface area (Å²) < 4.78 is 0. The molecule has 2 rings (SSSR count). The molecule has 0 fully saturated rings. The highest BCUT2D eigenvalue weighted by Crippen LogP contribution is 2.24. The van der Waals surface area contributed by atoms with Crippen LogP contribution in [0, 0.1) is 0 Å². The van der Waals surface area contributed by atoms with Crippen LogP contribution in [0.2, 0.25) is 0 Å². The minimum Gasteiger partial charge on any atom is -0.351 e. The van der Waals surface area contributed by atoms with E-state index in [1.165, 1.54) is 11.1 Å². The molecule has 1 N–H and O–H groups in total. The zero-order valence-corrected chi connectivity index (χ0v) is 8.63. The van der Waals surface area contributed by atoms with E-state index < -0.39 is 0 Å². The van der Waals surface area contributed by atoms with Crippen molar-refractivity contribution in [3.05, 3.63) is 34.9 Å². The van der Waals surface area contributed by atoms with Gasteiger partial charge >= 0.3 is 0 Å². The Labute approximate surface area is 84.3 Å². The van der Waals surface area contributed by atoms with Crippen LogP contribution in [0.25, 0.3) is 0 Å². The highest BCUT2D eigenvalue weighted by atomic mass is 16.1. The lowest BCUT2D eigenvalue weighted by molar-refractivity contribution is 0.0941. The molecule has 1 aromatic carbocycles. The molecule has 0 saturated carbocycles. The van der Waals surface area contributed by atoms with Crippen molar-refractivity contribution in [2.45, 2.75) is 26.2 Å². The SMILES string of the molecule is CCc1ccc2c(c1)C(=O)NCC2C. The van der Waals surface area contributed by atoms with Crippen molar-refractivity contribution in [3.63, 3.8) is 0 Å². The summed E-state index contributed by atoms with van der Waals surface area (Å²) in [6, 6.07) is 6.23. The van der Waals surface area contributed by atoms with Crippen LogP contribution in [0.1, 0.15) is 41.3 Å². The first-order valence-corrected chi connectivity index (χ1v) is 5.13. The standard InChI is InChI=1S/C12H15NO/c1-3-9-4-5-10-8(2)7-13-12(14)11(10)6-9/h4-6,8H,3,7H2,1-2H3,(H,13,14). The largest absolute Gasteiger partial charge is 0.351 e. The number of hydrogen-bond acceptors (Lipinski definition) is 1. The maximum absolute atomic E-state index is 11.6. The fourth-order valence-electron chi connectivity index (χ4n) is 1.90. The lowest BCUT2D eigenvalue weighted by Gasteiger charge is -2.23. The van der Waals surface area contributed by atoms with Crippen LogP contribution in [0.4, 0.5) is 0 Å². The molecule has 1 amide bonds. The Balaban J connectivity index is 2.50. The van der Waals surface area contributed by atoms with Gasteiger partial charge in [-0.15, -0.1) is 0 Å². The third-order valence-corrected chi connectivity index (χ3v) is 2.87. The molecular formula is C12H15NO. The van der Waals surface area contributed by atoms with Crippen LogP contribution < -0.4 is 5.32 Å². The van der Waals surface area contributed by atoms with E-state index in [0.717, 1.165) is 18.5 Å². The van der Waals surface area contributed by atoms with Gasteiger partial charge in [0.05, 0.1) is 0 Å². The van der Waals surface area contributed by atoms with Gasteiger partial charge < -0.3 is 5.32 Å². The molecule has 0 spiro atoms. The zero-order valence-electron chi connectivity index (χ0n) is 8.63. The highest BCUT2D eigenvalue weighted by molar-refractivity contribution is 5.97. The van der Waals surface area contributed by atoms with Gasteiger partial charge in [0.15, 0.2) is 0 Å². The number of amides is 1. The van der Waals surface area contributed by atoms with Gasteiger partial charge in [-0.25, -0.2) is 0 Å². The van der Waals surface area contributed by atoms with Gasteiger partial charge in [0.25, 0.3) is 5.91 Å². The Kier molecular flexibility index (Phi) is 2.28. The second-order valence-electron chi connectivity index (χ2n) is 3.89. The predicted octanol–water partition coefficient (Wildman–Crippen LogP) is 2.10. The highest BCUT2D eigenvalue weighted by Gasteiger charge is 2.21. The molecule has 0 bridgehead atoms. The van der Waals surface area contributed by atoms with Crippen LogP contribution in [0.5, 0.6) is 0 Å². The molecule has 1 aliphatic rings. The summed E-state index contributed by atoms with van der Waals surface area (Å²) >= 11 is 0. The Bertz CT molecular complexity index is 371. The van der Waals surface area contributed by atoms with Crippen molar-refractivity contribution in [3.8, 4) is 0 Å². The van der Waals surface area contributed by atoms with Crippen LogP contribution in [-0.2, 0) is 6.42 Å². The molecule has 0 aliphatic carbocycles. The number of carbonyl (C=O) groups excluding carboxylic acids is 1. The molecule has 0 saturated heterocycles. The van der Waals surface area contributed by atoms with Gasteiger partial charge in [0, 0.05) is 12.1 Å². The number of aryl methyl sites for hydroxylation is 1. The molecule has 1 aromatic rings. The summed E-state index contributed by atoms with van der Waals surface area (Å²) in [4.78, 5) is 11.6. The summed E-state index contributed by atoms with van der Waals surface area (Å²) in [7, 11) is 0. The average molecular weight is 189 g/mol. The van der Waals surface area contributed by atoms with Gasteiger partial charge in [-0.2, -0.15) is 0 Å². The number of hydrogen-bond donors (Lipinski definition) is 1. The lowest BCUT2D eigenvalue weighted by Crippen LogP contribution is -2.34. The number of fused-ring (bicyclic) bond motifs is 1. The fraction of sp³-hybridized carbons (Fsp3) is 0.417. The number of nitrogens with one attached hydrogen (secondary N) is 1. The summed E-state index contributed by atoms with van der Waals surface area (Å²) in [6.45, 7) is 5.01. The van der Waals surface area contributed by atoms with Gasteiger partial charge in [-0.1, -0.05) is 26.0 Å². The second kappa shape index (κ2) is 3.45. The van der Waals surface area contributed by atoms with E-state index in [1.807, 2.05) is 6.07 Å². The minimum atomic E-state index is 0.0772. The van der Waals surface area contributed by atoms with Crippen molar-refractivity contribution in [1.29, 1.82) is 0 Å². The van der Waals surface area contributed by atoms with Crippen molar-refractivity contribution in [2.75, 3.05) is 6.54 Å². The first-order valence-electron chi connectivity index (χ1n) is 5.13. The third kappa shape index (κ3) is 1.41. The Morgan fingerprint density at radius 2 is 2.29 bits per heavy atom. The summed E-state index contributed by atoms with van der Waals surface area (Å²) in [6.07, 6.45) is 0.981. The van der Waals surface area contributed by atoms with Crippen LogP contribution in [0.3, 0.4) is 0 Å². The average Bonchev–Trinajstić information content (AvgIpc) is 2.23. The van der Waals surface area contributed by atoms with E-state index in [9.17, 15) is 4.79 Å². The molecule has 0 aromatic heterocycles. The van der Waals surface area contributed by atoms with E-state index >= 15 is 0 Å².